The maximum atomic E-state index is 2.79. The van der Waals surface area contributed by atoms with Crippen molar-refractivity contribution in [2.75, 3.05) is 46.3 Å². The third-order valence-electron chi connectivity index (χ3n) is 5.99. The van der Waals surface area contributed by atoms with E-state index in [1.165, 1.54) is 88.7 Å². The van der Waals surface area contributed by atoms with Crippen molar-refractivity contribution in [3.63, 3.8) is 0 Å². The van der Waals surface area contributed by atoms with Crippen LogP contribution in [0.25, 0.3) is 0 Å². The average molecular weight is 392 g/mol. The van der Waals surface area contributed by atoms with Crippen molar-refractivity contribution in [2.45, 2.75) is 51.4 Å². The van der Waals surface area contributed by atoms with Crippen LogP contribution in [-0.2, 0) is 0 Å². The van der Waals surface area contributed by atoms with Gasteiger partial charge in [-0.25, -0.2) is 0 Å². The van der Waals surface area contributed by atoms with Gasteiger partial charge >= 0.3 is 0 Å². The standard InChI is InChI=1S/C17H33N2.HI/c1-19(11-4-5-12-19)10-3-2-9-18-14-16-7-6-8-17(13-16)15-18;/h16-17H,2-15H2,1H3;1H/q+1;/p-1. The molecule has 0 aromatic carbocycles. The molecule has 0 radical (unpaired) electrons. The second-order valence-corrected chi connectivity index (χ2v) is 7.86. The molecule has 0 aromatic heterocycles. The van der Waals surface area contributed by atoms with Gasteiger partial charge in [0, 0.05) is 25.9 Å². The van der Waals surface area contributed by atoms with Crippen molar-refractivity contribution >= 4 is 0 Å². The molecule has 0 N–H and O–H groups in total. The number of quaternary nitrogens is 1. The number of hydrogen-bond acceptors (Lipinski definition) is 1. The number of fused-ring (bicyclic) bond motifs is 2. The molecular formula is C17H33IN2. The monoisotopic (exact) mass is 392 g/mol. The van der Waals surface area contributed by atoms with Crippen LogP contribution in [0.3, 0.4) is 0 Å². The van der Waals surface area contributed by atoms with E-state index in [0.717, 1.165) is 11.8 Å². The number of nitrogens with zero attached hydrogens (tertiary/aromatic N) is 2. The van der Waals surface area contributed by atoms with Gasteiger partial charge in [-0.2, -0.15) is 0 Å². The zero-order valence-electron chi connectivity index (χ0n) is 13.3. The molecule has 2 nitrogen and oxygen atoms in total. The zero-order chi connectivity index (χ0) is 13.1. The van der Waals surface area contributed by atoms with Crippen molar-refractivity contribution < 1.29 is 28.5 Å². The van der Waals surface area contributed by atoms with Crippen LogP contribution in [0.2, 0.25) is 0 Å². The topological polar surface area (TPSA) is 3.24 Å². The fraction of sp³-hybridized carbons (Fsp3) is 1.00. The highest BCUT2D eigenvalue weighted by molar-refractivity contribution is 4.83. The van der Waals surface area contributed by atoms with Gasteiger partial charge in [0.25, 0.3) is 0 Å². The van der Waals surface area contributed by atoms with Crippen molar-refractivity contribution in [3.05, 3.63) is 0 Å². The van der Waals surface area contributed by atoms with Crippen LogP contribution in [0, 0.1) is 11.8 Å². The van der Waals surface area contributed by atoms with Crippen LogP contribution < -0.4 is 24.0 Å². The first-order valence-corrected chi connectivity index (χ1v) is 8.79. The van der Waals surface area contributed by atoms with E-state index in [1.807, 2.05) is 0 Å². The molecule has 20 heavy (non-hydrogen) atoms. The molecule has 2 heterocycles. The number of likely N-dealkylation sites (tertiary alicyclic amines) is 2. The molecule has 2 unspecified atom stereocenters. The highest BCUT2D eigenvalue weighted by atomic mass is 127. The summed E-state index contributed by atoms with van der Waals surface area (Å²) in [5.74, 6) is 2.10. The SMILES string of the molecule is C[N+]1(CCCCN2CC3CCCC(C3)C2)CCCC1.[I-]. The first-order valence-electron chi connectivity index (χ1n) is 8.79. The van der Waals surface area contributed by atoms with Gasteiger partial charge < -0.3 is 33.4 Å². The summed E-state index contributed by atoms with van der Waals surface area (Å²) in [5.41, 5.74) is 0. The largest absolute Gasteiger partial charge is 1.00 e. The van der Waals surface area contributed by atoms with E-state index >= 15 is 0 Å². The van der Waals surface area contributed by atoms with E-state index in [0.29, 0.717) is 0 Å². The van der Waals surface area contributed by atoms with E-state index in [-0.39, 0.29) is 24.0 Å². The van der Waals surface area contributed by atoms with Gasteiger partial charge in [0.2, 0.25) is 0 Å². The van der Waals surface area contributed by atoms with E-state index in [2.05, 4.69) is 11.9 Å². The van der Waals surface area contributed by atoms with E-state index < -0.39 is 0 Å². The van der Waals surface area contributed by atoms with Crippen LogP contribution in [-0.4, -0.2) is 55.7 Å². The maximum Gasteiger partial charge on any atom is 0.0786 e. The lowest BCUT2D eigenvalue weighted by molar-refractivity contribution is -0.897. The lowest BCUT2D eigenvalue weighted by Gasteiger charge is -2.41. The average Bonchev–Trinajstić information content (AvgIpc) is 2.82. The Morgan fingerprint density at radius 3 is 2.25 bits per heavy atom. The van der Waals surface area contributed by atoms with Crippen LogP contribution in [0.5, 0.6) is 0 Å². The van der Waals surface area contributed by atoms with Gasteiger partial charge in [0.1, 0.15) is 0 Å². The Labute approximate surface area is 142 Å². The molecule has 3 fully saturated rings. The molecule has 3 heteroatoms. The second-order valence-electron chi connectivity index (χ2n) is 7.86. The molecule has 2 aliphatic heterocycles. The van der Waals surface area contributed by atoms with Gasteiger partial charge in [-0.1, -0.05) is 6.42 Å². The molecule has 2 bridgehead atoms. The van der Waals surface area contributed by atoms with Gasteiger partial charge in [0.05, 0.1) is 26.7 Å². The maximum absolute atomic E-state index is 2.79. The predicted octanol–water partition coefficient (Wildman–Crippen LogP) is 0.133. The van der Waals surface area contributed by atoms with Gasteiger partial charge in [-0.3, -0.25) is 0 Å². The Kier molecular flexibility index (Phi) is 6.61. The van der Waals surface area contributed by atoms with Crippen LogP contribution in [0.4, 0.5) is 0 Å². The van der Waals surface area contributed by atoms with Crippen LogP contribution in [0.1, 0.15) is 51.4 Å². The van der Waals surface area contributed by atoms with E-state index in [1.54, 1.807) is 6.42 Å². The van der Waals surface area contributed by atoms with Gasteiger partial charge in [-0.05, 0) is 50.5 Å². The Bertz CT molecular complexity index is 277. The fourth-order valence-electron chi connectivity index (χ4n) is 4.87. The third kappa shape index (κ3) is 4.57. The Balaban J connectivity index is 0.00000147. The normalized spacial score (nSPS) is 32.9. The first kappa shape index (κ1) is 17.0. The van der Waals surface area contributed by atoms with Crippen molar-refractivity contribution in [1.82, 2.24) is 4.90 Å². The summed E-state index contributed by atoms with van der Waals surface area (Å²) in [6.07, 6.45) is 11.9. The molecule has 3 rings (SSSR count). The summed E-state index contributed by atoms with van der Waals surface area (Å²) >= 11 is 0. The summed E-state index contributed by atoms with van der Waals surface area (Å²) in [6.45, 7) is 8.53. The van der Waals surface area contributed by atoms with Gasteiger partial charge in [-0.15, -0.1) is 0 Å². The minimum absolute atomic E-state index is 0. The van der Waals surface area contributed by atoms with Crippen molar-refractivity contribution in [2.24, 2.45) is 11.8 Å². The molecule has 2 saturated heterocycles. The van der Waals surface area contributed by atoms with Gasteiger partial charge in [0.15, 0.2) is 0 Å². The lowest BCUT2D eigenvalue weighted by atomic mass is 9.78. The van der Waals surface area contributed by atoms with Crippen LogP contribution >= 0.6 is 0 Å². The lowest BCUT2D eigenvalue weighted by Crippen LogP contribution is -3.00. The van der Waals surface area contributed by atoms with E-state index in [4.69, 9.17) is 0 Å². The Hall–Kier alpha value is 0.650. The third-order valence-corrected chi connectivity index (χ3v) is 5.99. The molecule has 0 amide bonds. The molecular weight excluding hydrogens is 359 g/mol. The fourth-order valence-corrected chi connectivity index (χ4v) is 4.87. The first-order chi connectivity index (χ1) is 9.23. The Morgan fingerprint density at radius 2 is 1.60 bits per heavy atom. The molecule has 0 aromatic rings. The number of halogens is 1. The summed E-state index contributed by atoms with van der Waals surface area (Å²) < 4.78 is 1.37. The molecule has 0 spiro atoms. The zero-order valence-corrected chi connectivity index (χ0v) is 15.5. The van der Waals surface area contributed by atoms with Crippen molar-refractivity contribution in [1.29, 1.82) is 0 Å². The number of piperidine rings is 1. The highest BCUT2D eigenvalue weighted by Crippen LogP contribution is 2.34. The summed E-state index contributed by atoms with van der Waals surface area (Å²) in [6, 6.07) is 0. The molecule has 3 aliphatic rings. The quantitative estimate of drug-likeness (QED) is 0.366. The number of hydrogen-bond donors (Lipinski definition) is 0. The van der Waals surface area contributed by atoms with Crippen molar-refractivity contribution in [3.8, 4) is 0 Å². The summed E-state index contributed by atoms with van der Waals surface area (Å²) in [7, 11) is 2.47. The minimum Gasteiger partial charge on any atom is -1.00 e. The number of rotatable bonds is 5. The number of unbranched alkanes of at least 4 members (excludes halogenated alkanes) is 1. The summed E-state index contributed by atoms with van der Waals surface area (Å²) in [4.78, 5) is 2.79. The molecule has 118 valence electrons. The smallest absolute Gasteiger partial charge is 0.0786 e. The summed E-state index contributed by atoms with van der Waals surface area (Å²) in [5, 5.41) is 0. The molecule has 1 saturated carbocycles. The molecule has 1 aliphatic carbocycles. The Morgan fingerprint density at radius 1 is 0.950 bits per heavy atom. The minimum atomic E-state index is 0. The second kappa shape index (κ2) is 7.77. The van der Waals surface area contributed by atoms with E-state index in [9.17, 15) is 0 Å². The predicted molar refractivity (Wildman–Crippen MR) is 81.1 cm³/mol. The van der Waals surface area contributed by atoms with Crippen LogP contribution in [0.15, 0.2) is 0 Å². The highest BCUT2D eigenvalue weighted by Gasteiger charge is 2.30. The molecule has 2 atom stereocenters.